The number of hydrogen-bond acceptors (Lipinski definition) is 5. The smallest absolute Gasteiger partial charge is 0.201 e. The van der Waals surface area contributed by atoms with Crippen LogP contribution in [-0.2, 0) is 0 Å². The second kappa shape index (κ2) is 6.89. The fourth-order valence-corrected chi connectivity index (χ4v) is 2.70. The first kappa shape index (κ1) is 16.9. The van der Waals surface area contributed by atoms with E-state index in [1.165, 1.54) is 6.07 Å². The lowest BCUT2D eigenvalue weighted by Crippen LogP contribution is -2.20. The van der Waals surface area contributed by atoms with Gasteiger partial charge in [-0.25, -0.2) is 0 Å². The highest BCUT2D eigenvalue weighted by Gasteiger charge is 2.33. The van der Waals surface area contributed by atoms with Gasteiger partial charge in [-0.05, 0) is 25.5 Å². The first-order valence-electron chi connectivity index (χ1n) is 8.07. The van der Waals surface area contributed by atoms with Gasteiger partial charge in [0.2, 0.25) is 5.75 Å². The van der Waals surface area contributed by atoms with Crippen LogP contribution >= 0.6 is 0 Å². The molecule has 0 radical (unpaired) electrons. The standard InChI is InChI=1S/C20H20O5/c1-12(2)8-9-24-17-11-16-18(20(23)19(17)22)14(21)10-15(25-16)13-6-4-3-5-7-13/h3-8,11,15,22-23H,9-10H2,1-2H3. The second-order valence-electron chi connectivity index (χ2n) is 6.18. The number of carbonyl (C=O) groups is 1. The molecule has 0 fully saturated rings. The van der Waals surface area contributed by atoms with Gasteiger partial charge in [0.05, 0.1) is 6.42 Å². The predicted octanol–water partition coefficient (Wildman–Crippen LogP) is 4.15. The van der Waals surface area contributed by atoms with E-state index in [9.17, 15) is 15.0 Å². The SMILES string of the molecule is CC(C)=CCOc1cc2c(c(O)c1O)C(=O)CC(c1ccccc1)O2. The molecule has 130 valence electrons. The lowest BCUT2D eigenvalue weighted by molar-refractivity contribution is 0.0843. The lowest BCUT2D eigenvalue weighted by Gasteiger charge is -2.27. The average Bonchev–Trinajstić information content (AvgIpc) is 2.59. The van der Waals surface area contributed by atoms with Gasteiger partial charge in [0.25, 0.3) is 0 Å². The topological polar surface area (TPSA) is 76.0 Å². The zero-order chi connectivity index (χ0) is 18.0. The number of Topliss-reactive ketones (excluding diaryl/α,β-unsaturated/α-hetero) is 1. The van der Waals surface area contributed by atoms with Crippen LogP contribution < -0.4 is 9.47 Å². The Morgan fingerprint density at radius 3 is 2.64 bits per heavy atom. The molecule has 1 aliphatic rings. The van der Waals surface area contributed by atoms with Crippen molar-refractivity contribution in [1.29, 1.82) is 0 Å². The van der Waals surface area contributed by atoms with Gasteiger partial charge in [0.15, 0.2) is 17.3 Å². The molecular weight excluding hydrogens is 320 g/mol. The fraction of sp³-hybridized carbons (Fsp3) is 0.250. The molecule has 1 atom stereocenters. The molecule has 2 N–H and O–H groups in total. The highest BCUT2D eigenvalue weighted by atomic mass is 16.5. The van der Waals surface area contributed by atoms with Crippen LogP contribution in [0.1, 0.15) is 42.3 Å². The molecule has 1 aliphatic heterocycles. The van der Waals surface area contributed by atoms with Crippen LogP contribution in [0.4, 0.5) is 0 Å². The first-order chi connectivity index (χ1) is 12.0. The van der Waals surface area contributed by atoms with Crippen molar-refractivity contribution in [2.45, 2.75) is 26.4 Å². The summed E-state index contributed by atoms with van der Waals surface area (Å²) >= 11 is 0. The first-order valence-corrected chi connectivity index (χ1v) is 8.07. The number of hydrogen-bond donors (Lipinski definition) is 2. The minimum absolute atomic E-state index is 0.000699. The van der Waals surface area contributed by atoms with Crippen LogP contribution in [-0.4, -0.2) is 22.6 Å². The van der Waals surface area contributed by atoms with Gasteiger partial charge < -0.3 is 19.7 Å². The molecule has 5 nitrogen and oxygen atoms in total. The normalized spacial score (nSPS) is 15.9. The Hall–Kier alpha value is -2.95. The van der Waals surface area contributed by atoms with Crippen molar-refractivity contribution >= 4 is 5.78 Å². The van der Waals surface area contributed by atoms with Gasteiger partial charge in [-0.15, -0.1) is 0 Å². The third kappa shape index (κ3) is 3.45. The number of aromatic hydroxyl groups is 2. The summed E-state index contributed by atoms with van der Waals surface area (Å²) in [5.74, 6) is -0.932. The Kier molecular flexibility index (Phi) is 4.65. The summed E-state index contributed by atoms with van der Waals surface area (Å²) in [5.41, 5.74) is 1.94. The van der Waals surface area contributed by atoms with Crippen LogP contribution in [0.5, 0.6) is 23.0 Å². The van der Waals surface area contributed by atoms with E-state index in [0.29, 0.717) is 0 Å². The van der Waals surface area contributed by atoms with E-state index in [-0.39, 0.29) is 35.9 Å². The summed E-state index contributed by atoms with van der Waals surface area (Å²) in [6.45, 7) is 4.10. The number of phenols is 2. The Morgan fingerprint density at radius 1 is 1.24 bits per heavy atom. The Morgan fingerprint density at radius 2 is 1.96 bits per heavy atom. The van der Waals surface area contributed by atoms with E-state index in [0.717, 1.165) is 11.1 Å². The third-order valence-corrected chi connectivity index (χ3v) is 4.02. The summed E-state index contributed by atoms with van der Waals surface area (Å²) in [6.07, 6.45) is 1.51. The average molecular weight is 340 g/mol. The molecule has 2 aromatic rings. The van der Waals surface area contributed by atoms with Gasteiger partial charge in [0, 0.05) is 6.07 Å². The highest BCUT2D eigenvalue weighted by molar-refractivity contribution is 6.03. The van der Waals surface area contributed by atoms with Crippen LogP contribution in [0, 0.1) is 0 Å². The number of rotatable bonds is 4. The van der Waals surface area contributed by atoms with E-state index >= 15 is 0 Å². The third-order valence-electron chi connectivity index (χ3n) is 4.02. The molecule has 0 saturated carbocycles. The lowest BCUT2D eigenvalue weighted by atomic mass is 9.95. The van der Waals surface area contributed by atoms with Crippen molar-refractivity contribution in [2.24, 2.45) is 0 Å². The molecule has 1 heterocycles. The monoisotopic (exact) mass is 340 g/mol. The van der Waals surface area contributed by atoms with Crippen molar-refractivity contribution in [3.8, 4) is 23.0 Å². The number of ketones is 1. The summed E-state index contributed by atoms with van der Waals surface area (Å²) in [5, 5.41) is 20.3. The van der Waals surface area contributed by atoms with Crippen LogP contribution in [0.15, 0.2) is 48.0 Å². The summed E-state index contributed by atoms with van der Waals surface area (Å²) < 4.78 is 11.4. The second-order valence-corrected chi connectivity index (χ2v) is 6.18. The molecule has 1 unspecified atom stereocenters. The van der Waals surface area contributed by atoms with E-state index < -0.39 is 17.6 Å². The van der Waals surface area contributed by atoms with Crippen molar-refractivity contribution in [1.82, 2.24) is 0 Å². The fourth-order valence-electron chi connectivity index (χ4n) is 2.70. The Balaban J connectivity index is 1.94. The molecule has 0 aromatic heterocycles. The number of fused-ring (bicyclic) bond motifs is 1. The number of phenolic OH excluding ortho intramolecular Hbond substituents is 2. The van der Waals surface area contributed by atoms with Crippen molar-refractivity contribution in [3.05, 3.63) is 59.2 Å². The van der Waals surface area contributed by atoms with E-state index in [4.69, 9.17) is 9.47 Å². The molecule has 2 aromatic carbocycles. The minimum Gasteiger partial charge on any atom is -0.504 e. The predicted molar refractivity (Wildman–Crippen MR) is 93.5 cm³/mol. The van der Waals surface area contributed by atoms with Gasteiger partial charge in [-0.1, -0.05) is 35.9 Å². The number of ether oxygens (including phenoxy) is 2. The molecule has 0 amide bonds. The van der Waals surface area contributed by atoms with Crippen LogP contribution in [0.2, 0.25) is 0 Å². The van der Waals surface area contributed by atoms with Crippen molar-refractivity contribution < 1.29 is 24.5 Å². The highest BCUT2D eigenvalue weighted by Crippen LogP contribution is 2.48. The summed E-state index contributed by atoms with van der Waals surface area (Å²) in [7, 11) is 0. The zero-order valence-corrected chi connectivity index (χ0v) is 14.2. The molecule has 0 spiro atoms. The maximum absolute atomic E-state index is 12.5. The number of benzene rings is 2. The molecule has 0 bridgehead atoms. The maximum Gasteiger partial charge on any atom is 0.201 e. The molecular formula is C20H20O5. The largest absolute Gasteiger partial charge is 0.504 e. The van der Waals surface area contributed by atoms with Gasteiger partial charge in [-0.2, -0.15) is 0 Å². The van der Waals surface area contributed by atoms with E-state index in [1.807, 2.05) is 50.3 Å². The molecule has 0 saturated heterocycles. The summed E-state index contributed by atoms with van der Waals surface area (Å²) in [4.78, 5) is 12.5. The number of allylic oxidation sites excluding steroid dienone is 1. The summed E-state index contributed by atoms with van der Waals surface area (Å²) in [6, 6.07) is 10.9. The minimum atomic E-state index is -0.499. The molecule has 3 rings (SSSR count). The molecule has 25 heavy (non-hydrogen) atoms. The van der Waals surface area contributed by atoms with Gasteiger partial charge in [0.1, 0.15) is 24.0 Å². The van der Waals surface area contributed by atoms with Gasteiger partial charge >= 0.3 is 0 Å². The zero-order valence-electron chi connectivity index (χ0n) is 14.2. The van der Waals surface area contributed by atoms with E-state index in [2.05, 4.69) is 0 Å². The van der Waals surface area contributed by atoms with Gasteiger partial charge in [-0.3, -0.25) is 4.79 Å². The Labute approximate surface area is 146 Å². The number of carbonyl (C=O) groups excluding carboxylic acids is 1. The van der Waals surface area contributed by atoms with Crippen LogP contribution in [0.3, 0.4) is 0 Å². The Bertz CT molecular complexity index is 820. The quantitative estimate of drug-likeness (QED) is 0.646. The molecule has 5 heteroatoms. The molecule has 0 aliphatic carbocycles. The van der Waals surface area contributed by atoms with Crippen LogP contribution in [0.25, 0.3) is 0 Å². The maximum atomic E-state index is 12.5. The van der Waals surface area contributed by atoms with E-state index in [1.54, 1.807) is 0 Å². The van der Waals surface area contributed by atoms with Crippen molar-refractivity contribution in [3.63, 3.8) is 0 Å². The van der Waals surface area contributed by atoms with Crippen molar-refractivity contribution in [2.75, 3.05) is 6.61 Å².